The van der Waals surface area contributed by atoms with Crippen molar-refractivity contribution in [2.75, 3.05) is 0 Å². The van der Waals surface area contributed by atoms with E-state index in [2.05, 4.69) is 176 Å². The van der Waals surface area contributed by atoms with Gasteiger partial charge in [0.25, 0.3) is 0 Å². The van der Waals surface area contributed by atoms with Crippen LogP contribution in [0.4, 0.5) is 4.39 Å². The molecule has 0 bridgehead atoms. The van der Waals surface area contributed by atoms with E-state index in [1.54, 1.807) is 34.8 Å². The van der Waals surface area contributed by atoms with E-state index >= 15 is 0 Å². The third-order valence-corrected chi connectivity index (χ3v) is 21.7. The Bertz CT molecular complexity index is 6770. The molecular formula is C97H71FIr3N3O9S3-3. The van der Waals surface area contributed by atoms with Crippen LogP contribution in [0.1, 0.15) is 47.1 Å². The van der Waals surface area contributed by atoms with Gasteiger partial charge in [0.15, 0.2) is 17.3 Å². The Labute approximate surface area is 720 Å². The van der Waals surface area contributed by atoms with Gasteiger partial charge in [-0.2, -0.15) is 0 Å². The zero-order valence-corrected chi connectivity index (χ0v) is 73.0. The maximum Gasteiger partial charge on any atom is 0.155 e. The first-order valence-corrected chi connectivity index (χ1v) is 38.5. The number of benzene rings is 10. The van der Waals surface area contributed by atoms with Crippen molar-refractivity contribution in [2.24, 2.45) is 0 Å². The van der Waals surface area contributed by atoms with E-state index in [0.717, 1.165) is 126 Å². The molecule has 0 aliphatic heterocycles. The molecule has 0 amide bonds. The molecule has 0 spiro atoms. The van der Waals surface area contributed by atoms with Crippen LogP contribution in [0, 0.1) is 30.9 Å². The second-order valence-corrected chi connectivity index (χ2v) is 29.8. The fourth-order valence-electron chi connectivity index (χ4n) is 13.3. The number of halogens is 1. The number of hydrogen-bond donors (Lipinski definition) is 3. The first-order valence-electron chi connectivity index (χ1n) is 36.0. The largest absolute Gasteiger partial charge is 0.512 e. The molecule has 0 saturated carbocycles. The Hall–Kier alpha value is -11.6. The summed E-state index contributed by atoms with van der Waals surface area (Å²) in [6.07, 6.45) is 9.37. The van der Waals surface area contributed by atoms with Crippen molar-refractivity contribution in [3.63, 3.8) is 0 Å². The second kappa shape index (κ2) is 38.7. The van der Waals surface area contributed by atoms with Gasteiger partial charge in [-0.1, -0.05) is 209 Å². The summed E-state index contributed by atoms with van der Waals surface area (Å²) in [6.45, 7) is 10.7. The Kier molecular flexibility index (Phi) is 28.5. The van der Waals surface area contributed by atoms with Crippen LogP contribution in [0.15, 0.2) is 316 Å². The Morgan fingerprint density at radius 2 is 0.724 bits per heavy atom. The molecule has 0 saturated heterocycles. The van der Waals surface area contributed by atoms with Crippen LogP contribution in [-0.2, 0) is 74.7 Å². The molecule has 0 atom stereocenters. The monoisotopic (exact) mass is 2120 g/mol. The number of hydrogen-bond acceptors (Lipinski definition) is 15. The third kappa shape index (κ3) is 19.5. The summed E-state index contributed by atoms with van der Waals surface area (Å²) in [7, 11) is 0. The molecule has 10 aromatic carbocycles. The topological polar surface area (TPSA) is 190 Å². The van der Waals surface area contributed by atoms with Gasteiger partial charge in [-0.05, 0) is 130 Å². The average Bonchev–Trinajstić information content (AvgIpc) is 1.61. The number of furan rings is 3. The van der Waals surface area contributed by atoms with Crippen LogP contribution >= 0.6 is 34.0 Å². The predicted octanol–water partition coefficient (Wildman–Crippen LogP) is 27.2. The smallest absolute Gasteiger partial charge is 0.155 e. The zero-order chi connectivity index (χ0) is 78.8. The molecule has 3 N–H and O–H groups in total. The summed E-state index contributed by atoms with van der Waals surface area (Å²) in [5.41, 5.74) is 17.5. The first-order chi connectivity index (χ1) is 54.8. The Balaban J connectivity index is 0.000000151. The minimum absolute atomic E-state index is 0. The number of rotatable bonds is 10. The summed E-state index contributed by atoms with van der Waals surface area (Å²) in [6, 6.07) is 93.2. The predicted molar refractivity (Wildman–Crippen MR) is 461 cm³/mol. The molecule has 116 heavy (non-hydrogen) atoms. The summed E-state index contributed by atoms with van der Waals surface area (Å²) in [5.74, 6) is -0.416. The van der Waals surface area contributed by atoms with Crippen LogP contribution < -0.4 is 0 Å². The number of allylic oxidation sites excluding steroid dienone is 6. The maximum absolute atomic E-state index is 13.2. The number of nitrogens with zero attached hydrogens (tertiary/aromatic N) is 3. The van der Waals surface area contributed by atoms with E-state index in [1.165, 1.54) is 124 Å². The number of ketones is 3. The number of aromatic nitrogens is 3. The molecule has 19 aromatic rings. The van der Waals surface area contributed by atoms with Crippen LogP contribution in [0.5, 0.6) is 0 Å². The van der Waals surface area contributed by atoms with Gasteiger partial charge in [0.1, 0.15) is 22.6 Å². The van der Waals surface area contributed by atoms with Gasteiger partial charge >= 0.3 is 0 Å². The molecule has 0 aliphatic rings. The van der Waals surface area contributed by atoms with Crippen molar-refractivity contribution < 1.29 is 108 Å². The van der Waals surface area contributed by atoms with Crippen molar-refractivity contribution in [3.05, 3.63) is 332 Å². The third-order valence-electron chi connectivity index (χ3n) is 18.1. The normalized spacial score (nSPS) is 11.3. The zero-order valence-electron chi connectivity index (χ0n) is 63.4. The van der Waals surface area contributed by atoms with E-state index in [4.69, 9.17) is 38.5 Å². The van der Waals surface area contributed by atoms with E-state index in [1.807, 2.05) is 109 Å². The minimum Gasteiger partial charge on any atom is -0.512 e. The molecule has 9 aromatic heterocycles. The molecule has 0 aliphatic carbocycles. The summed E-state index contributed by atoms with van der Waals surface area (Å²) < 4.78 is 35.3. The van der Waals surface area contributed by atoms with Crippen molar-refractivity contribution in [2.45, 2.75) is 48.5 Å². The quantitative estimate of drug-likeness (QED) is 0.0668. The van der Waals surface area contributed by atoms with Gasteiger partial charge in [0, 0.05) is 164 Å². The molecular weight excluding hydrogens is 2040 g/mol. The van der Waals surface area contributed by atoms with E-state index < -0.39 is 0 Å². The van der Waals surface area contributed by atoms with Crippen molar-refractivity contribution in [1.82, 2.24) is 15.0 Å². The van der Waals surface area contributed by atoms with Gasteiger partial charge in [-0.3, -0.25) is 14.4 Å². The van der Waals surface area contributed by atoms with E-state index in [-0.39, 0.29) is 101 Å². The van der Waals surface area contributed by atoms with Gasteiger partial charge in [-0.15, -0.1) is 88.6 Å². The molecule has 9 heterocycles. The van der Waals surface area contributed by atoms with E-state index in [0.29, 0.717) is 0 Å². The van der Waals surface area contributed by atoms with Gasteiger partial charge < -0.3 is 43.5 Å². The van der Waals surface area contributed by atoms with Crippen molar-refractivity contribution in [1.29, 1.82) is 0 Å². The van der Waals surface area contributed by atoms with Crippen molar-refractivity contribution in [3.8, 4) is 76.2 Å². The number of fused-ring (bicyclic) bond motifs is 12. The fourth-order valence-corrected chi connectivity index (χ4v) is 16.8. The van der Waals surface area contributed by atoms with Crippen molar-refractivity contribution >= 4 is 147 Å². The number of carbonyl (C=O) groups excluding carboxylic acids is 3. The number of pyridine rings is 3. The van der Waals surface area contributed by atoms with E-state index in [9.17, 15) is 18.8 Å². The molecule has 12 nitrogen and oxygen atoms in total. The molecule has 19 heteroatoms. The average molecular weight is 2110 g/mol. The van der Waals surface area contributed by atoms with Gasteiger partial charge in [-0.25, -0.2) is 4.39 Å². The number of aryl methyl sites for hydroxylation is 1. The summed E-state index contributed by atoms with van der Waals surface area (Å²) in [4.78, 5) is 48.1. The van der Waals surface area contributed by atoms with Crippen LogP contribution in [-0.4, -0.2) is 47.6 Å². The standard InChI is InChI=1S/C31H18NOS.C26H16NOS.C25H13FNOS.3C5H8O2.3Ir/c1-3-10-20(11-4-1)29-25-19-32-26(18-28(25)34-31(29)21-12-5-2-6-13-21)24-16-9-15-23-22-14-7-8-17-27(22)33-30(23)24;1-16-21-15-27-22(14-24(21)29-26(16)17-8-3-2-4-9-17)20-12-7-11-19-18-10-5-6-13-23(18)28-25(19)20;26-17-10-8-15(9-11-17)23-12-16-14-27-21(13-24(16)29-23)20-6-3-5-19-18-4-1-2-7-22(18)28-25(19)20;3*1-4(6)3-5(2)7;;;/h1-15,17-19H;2-11,13-15H,1H3;1-5,7-14H;3*3,6H,1-2H3;;;/q3*-1;;;;;;. The molecule has 0 fully saturated rings. The molecule has 0 unspecified atom stereocenters. The summed E-state index contributed by atoms with van der Waals surface area (Å²) >= 11 is 5.29. The Morgan fingerprint density at radius 3 is 1.13 bits per heavy atom. The van der Waals surface area contributed by atoms with Crippen LogP contribution in [0.25, 0.3) is 172 Å². The number of thiophene rings is 3. The molecule has 583 valence electrons. The number of carbonyl (C=O) groups is 3. The fraction of sp³-hybridized carbons (Fsp3) is 0.0722. The first kappa shape index (κ1) is 85.3. The van der Waals surface area contributed by atoms with Crippen LogP contribution in [0.3, 0.4) is 0 Å². The molecule has 3 radical (unpaired) electrons. The van der Waals surface area contributed by atoms with Gasteiger partial charge in [0.05, 0.1) is 34.0 Å². The maximum atomic E-state index is 13.2. The minimum atomic E-state index is -0.228. The number of aliphatic hydroxyl groups excluding tert-OH is 3. The summed E-state index contributed by atoms with van der Waals surface area (Å²) in [5, 5.41) is 35.1. The number of aliphatic hydroxyl groups is 3. The van der Waals surface area contributed by atoms with Gasteiger partial charge in [0.2, 0.25) is 0 Å². The van der Waals surface area contributed by atoms with Crippen LogP contribution in [0.2, 0.25) is 0 Å². The second-order valence-electron chi connectivity index (χ2n) is 26.6. The molecule has 19 rings (SSSR count). The number of para-hydroxylation sites is 3. The SMILES string of the molecule is CC(=O)C=C(C)O.CC(=O)C=C(C)O.CC(=O)C=C(C)O.Cc1c(-c2ccccc2)sc2cc(-c3[c-]ccc4c3oc3ccccc34)ncc12.Fc1ccc(-c2cc3cnc(-c4[c-]ccc5c4oc4ccccc45)cc3s2)cc1.[Ir].[Ir].[Ir].[c-]1ccc2c(oc3ccccc32)c1-c1cc2sc(-c3ccccc3)c(-c3ccccc3)c2cn1. The Morgan fingerprint density at radius 1 is 0.371 bits per heavy atom.